The van der Waals surface area contributed by atoms with Crippen molar-refractivity contribution in [3.63, 3.8) is 0 Å². The Balaban J connectivity index is 2.20. The van der Waals surface area contributed by atoms with E-state index in [0.717, 1.165) is 24.0 Å². The van der Waals surface area contributed by atoms with E-state index in [1.807, 2.05) is 17.0 Å². The smallest absolute Gasteiger partial charge is 0.227 e. The van der Waals surface area contributed by atoms with Gasteiger partial charge in [0.1, 0.15) is 0 Å². The molecule has 3 heteroatoms. The maximum Gasteiger partial charge on any atom is 0.227 e. The molecule has 0 aliphatic carbocycles. The fourth-order valence-corrected chi connectivity index (χ4v) is 2.51. The lowest BCUT2D eigenvalue weighted by Gasteiger charge is -2.17. The number of hydrogen-bond donors (Lipinski definition) is 0. The first-order valence-electron chi connectivity index (χ1n) is 5.70. The van der Waals surface area contributed by atoms with Gasteiger partial charge in [0.05, 0.1) is 0 Å². The summed E-state index contributed by atoms with van der Waals surface area (Å²) in [6.07, 6.45) is 1.68. The van der Waals surface area contributed by atoms with Crippen molar-refractivity contribution in [3.8, 4) is 0 Å². The fraction of sp³-hybridized carbons (Fsp3) is 0.462. The number of carbonyl (C=O) groups is 1. The van der Waals surface area contributed by atoms with Crippen molar-refractivity contribution in [2.75, 3.05) is 16.8 Å². The predicted octanol–water partition coefficient (Wildman–Crippen LogP) is 3.00. The minimum absolute atomic E-state index is 0.248. The van der Waals surface area contributed by atoms with E-state index in [1.165, 1.54) is 5.56 Å². The van der Waals surface area contributed by atoms with Crippen LogP contribution in [0.1, 0.15) is 18.9 Å². The molecule has 1 heterocycles. The Labute approximate surface area is 105 Å². The van der Waals surface area contributed by atoms with E-state index in [9.17, 15) is 4.79 Å². The molecule has 1 aliphatic heterocycles. The molecule has 16 heavy (non-hydrogen) atoms. The van der Waals surface area contributed by atoms with E-state index in [2.05, 4.69) is 35.0 Å². The lowest BCUT2D eigenvalue weighted by molar-refractivity contribution is -0.117. The van der Waals surface area contributed by atoms with Crippen LogP contribution in [-0.4, -0.2) is 17.8 Å². The lowest BCUT2D eigenvalue weighted by Crippen LogP contribution is -2.24. The molecule has 0 aromatic heterocycles. The largest absolute Gasteiger partial charge is 0.312 e. The average molecular weight is 282 g/mol. The molecular weight excluding hydrogens is 266 g/mol. The van der Waals surface area contributed by atoms with Crippen LogP contribution in [0.4, 0.5) is 5.69 Å². The summed E-state index contributed by atoms with van der Waals surface area (Å²) < 4.78 is 0. The Morgan fingerprint density at radius 2 is 2.31 bits per heavy atom. The molecule has 0 saturated carbocycles. The van der Waals surface area contributed by atoms with Crippen LogP contribution in [0.2, 0.25) is 0 Å². The van der Waals surface area contributed by atoms with Crippen LogP contribution in [0.15, 0.2) is 24.3 Å². The highest BCUT2D eigenvalue weighted by Gasteiger charge is 2.29. The maximum atomic E-state index is 11.8. The van der Waals surface area contributed by atoms with Crippen molar-refractivity contribution < 1.29 is 4.79 Å². The highest BCUT2D eigenvalue weighted by molar-refractivity contribution is 9.09. The Morgan fingerprint density at radius 1 is 1.50 bits per heavy atom. The first-order chi connectivity index (χ1) is 7.74. The number of nitrogens with zero attached hydrogens (tertiary/aromatic N) is 1. The minimum atomic E-state index is 0.248. The Morgan fingerprint density at radius 3 is 2.94 bits per heavy atom. The van der Waals surface area contributed by atoms with Gasteiger partial charge in [0, 0.05) is 24.0 Å². The summed E-state index contributed by atoms with van der Waals surface area (Å²) in [6, 6.07) is 8.27. The van der Waals surface area contributed by atoms with Gasteiger partial charge in [0.15, 0.2) is 0 Å². The van der Waals surface area contributed by atoms with Gasteiger partial charge in [-0.25, -0.2) is 0 Å². The zero-order valence-corrected chi connectivity index (χ0v) is 11.0. The van der Waals surface area contributed by atoms with E-state index in [4.69, 9.17) is 0 Å². The second-order valence-corrected chi connectivity index (χ2v) is 4.90. The van der Waals surface area contributed by atoms with Crippen LogP contribution in [0, 0.1) is 5.92 Å². The monoisotopic (exact) mass is 281 g/mol. The second kappa shape index (κ2) is 5.00. The molecule has 1 fully saturated rings. The van der Waals surface area contributed by atoms with Crippen molar-refractivity contribution >= 4 is 27.5 Å². The average Bonchev–Trinajstić information content (AvgIpc) is 2.71. The third kappa shape index (κ3) is 2.29. The quantitative estimate of drug-likeness (QED) is 0.780. The third-order valence-corrected chi connectivity index (χ3v) is 3.97. The summed E-state index contributed by atoms with van der Waals surface area (Å²) in [6.45, 7) is 2.98. The molecule has 0 bridgehead atoms. The zero-order valence-electron chi connectivity index (χ0n) is 9.45. The topological polar surface area (TPSA) is 20.3 Å². The highest BCUT2D eigenvalue weighted by Crippen LogP contribution is 2.26. The molecule has 0 N–H and O–H groups in total. The van der Waals surface area contributed by atoms with Gasteiger partial charge < -0.3 is 4.90 Å². The van der Waals surface area contributed by atoms with Gasteiger partial charge in [-0.3, -0.25) is 4.79 Å². The van der Waals surface area contributed by atoms with Gasteiger partial charge in [-0.2, -0.15) is 0 Å². The Bertz CT molecular complexity index is 391. The number of alkyl halides is 1. The molecule has 86 valence electrons. The normalized spacial score (nSPS) is 20.5. The van der Waals surface area contributed by atoms with Crippen LogP contribution >= 0.6 is 15.9 Å². The summed E-state index contributed by atoms with van der Waals surface area (Å²) in [4.78, 5) is 13.8. The molecule has 2 nitrogen and oxygen atoms in total. The van der Waals surface area contributed by atoms with Gasteiger partial charge in [0.2, 0.25) is 5.91 Å². The summed E-state index contributed by atoms with van der Waals surface area (Å²) in [5.74, 6) is 0.704. The number of rotatable bonds is 3. The predicted molar refractivity (Wildman–Crippen MR) is 70.1 cm³/mol. The Hall–Kier alpha value is -0.830. The number of halogens is 1. The molecule has 1 unspecified atom stereocenters. The third-order valence-electron chi connectivity index (χ3n) is 3.05. The van der Waals surface area contributed by atoms with E-state index in [1.54, 1.807) is 0 Å². The number of amides is 1. The lowest BCUT2D eigenvalue weighted by atomic mass is 10.1. The summed E-state index contributed by atoms with van der Waals surface area (Å²) in [5, 5.41) is 0.905. The van der Waals surface area contributed by atoms with Crippen molar-refractivity contribution in [1.29, 1.82) is 0 Å². The summed E-state index contributed by atoms with van der Waals surface area (Å²) in [7, 11) is 0. The minimum Gasteiger partial charge on any atom is -0.312 e. The molecule has 1 saturated heterocycles. The summed E-state index contributed by atoms with van der Waals surface area (Å²) >= 11 is 3.45. The zero-order chi connectivity index (χ0) is 11.5. The van der Waals surface area contributed by atoms with Gasteiger partial charge in [-0.05, 0) is 30.0 Å². The van der Waals surface area contributed by atoms with Crippen LogP contribution in [0.5, 0.6) is 0 Å². The van der Waals surface area contributed by atoms with Crippen molar-refractivity contribution in [3.05, 3.63) is 29.8 Å². The van der Waals surface area contributed by atoms with Gasteiger partial charge in [-0.15, -0.1) is 0 Å². The number of carbonyl (C=O) groups excluding carboxylic acids is 1. The molecule has 1 aromatic carbocycles. The van der Waals surface area contributed by atoms with Crippen molar-refractivity contribution in [2.45, 2.75) is 19.8 Å². The van der Waals surface area contributed by atoms with Crippen LogP contribution < -0.4 is 4.90 Å². The Kier molecular flexibility index (Phi) is 3.64. The standard InChI is InChI=1S/C13H16BrNO/c1-2-10-4-3-5-12(6-10)15-9-11(8-14)7-13(15)16/h3-6,11H,2,7-9H2,1H3. The number of hydrogen-bond acceptors (Lipinski definition) is 1. The molecular formula is C13H16BrNO. The van der Waals surface area contributed by atoms with Gasteiger partial charge in [0.25, 0.3) is 0 Å². The molecule has 0 spiro atoms. The van der Waals surface area contributed by atoms with Crippen LogP contribution in [0.25, 0.3) is 0 Å². The number of benzene rings is 1. The second-order valence-electron chi connectivity index (χ2n) is 4.25. The van der Waals surface area contributed by atoms with Crippen molar-refractivity contribution in [1.82, 2.24) is 0 Å². The maximum absolute atomic E-state index is 11.8. The highest BCUT2D eigenvalue weighted by atomic mass is 79.9. The molecule has 1 aliphatic rings. The van der Waals surface area contributed by atoms with E-state index < -0.39 is 0 Å². The molecule has 2 rings (SSSR count). The van der Waals surface area contributed by atoms with E-state index >= 15 is 0 Å². The number of anilines is 1. The summed E-state index contributed by atoms with van der Waals surface area (Å²) in [5.41, 5.74) is 2.33. The molecule has 1 amide bonds. The van der Waals surface area contributed by atoms with Gasteiger partial charge in [-0.1, -0.05) is 35.0 Å². The van der Waals surface area contributed by atoms with Crippen LogP contribution in [-0.2, 0) is 11.2 Å². The first-order valence-corrected chi connectivity index (χ1v) is 6.82. The molecule has 1 atom stereocenters. The molecule has 1 aromatic rings. The fourth-order valence-electron chi connectivity index (χ4n) is 2.08. The van der Waals surface area contributed by atoms with E-state index in [0.29, 0.717) is 12.3 Å². The van der Waals surface area contributed by atoms with Gasteiger partial charge >= 0.3 is 0 Å². The van der Waals surface area contributed by atoms with Crippen LogP contribution in [0.3, 0.4) is 0 Å². The number of aryl methyl sites for hydroxylation is 1. The van der Waals surface area contributed by atoms with Crippen molar-refractivity contribution in [2.24, 2.45) is 5.92 Å². The SMILES string of the molecule is CCc1cccc(N2CC(CBr)CC2=O)c1. The van der Waals surface area contributed by atoms with E-state index in [-0.39, 0.29) is 5.91 Å². The first kappa shape index (κ1) is 11.6. The molecule has 0 radical (unpaired) electrons.